The van der Waals surface area contributed by atoms with Gasteiger partial charge in [0.1, 0.15) is 0 Å². The second-order valence-electron chi connectivity index (χ2n) is 4.26. The van der Waals surface area contributed by atoms with Crippen LogP contribution in [0, 0.1) is 0 Å². The zero-order valence-electron chi connectivity index (χ0n) is 9.31. The van der Waals surface area contributed by atoms with Gasteiger partial charge in [0, 0.05) is 24.5 Å². The average Bonchev–Trinajstić information content (AvgIpc) is 2.16. The van der Waals surface area contributed by atoms with E-state index in [9.17, 15) is 0 Å². The van der Waals surface area contributed by atoms with Crippen molar-refractivity contribution in [3.05, 3.63) is 24.3 Å². The summed E-state index contributed by atoms with van der Waals surface area (Å²) in [5, 5.41) is 0. The van der Waals surface area contributed by atoms with Crippen LogP contribution in [0.5, 0.6) is 0 Å². The first kappa shape index (κ1) is 10.3. The number of anilines is 2. The topological polar surface area (TPSA) is 38.5 Å². The molecule has 0 unspecified atom stereocenters. The number of ether oxygens (including phenoxy) is 1. The van der Waals surface area contributed by atoms with Gasteiger partial charge in [0.05, 0.1) is 12.2 Å². The molecule has 0 spiro atoms. The fourth-order valence-electron chi connectivity index (χ4n) is 2.11. The van der Waals surface area contributed by atoms with Crippen LogP contribution in [0.4, 0.5) is 11.4 Å². The zero-order valence-corrected chi connectivity index (χ0v) is 9.31. The van der Waals surface area contributed by atoms with Gasteiger partial charge in [-0.15, -0.1) is 0 Å². The molecule has 1 saturated heterocycles. The van der Waals surface area contributed by atoms with Crippen LogP contribution >= 0.6 is 0 Å². The van der Waals surface area contributed by atoms with Crippen molar-refractivity contribution in [2.45, 2.75) is 26.1 Å². The molecule has 82 valence electrons. The summed E-state index contributed by atoms with van der Waals surface area (Å²) in [6.45, 7) is 6.09. The highest BCUT2D eigenvalue weighted by atomic mass is 16.5. The summed E-state index contributed by atoms with van der Waals surface area (Å²) < 4.78 is 5.70. The Kier molecular flexibility index (Phi) is 2.82. The predicted molar refractivity (Wildman–Crippen MR) is 63.1 cm³/mol. The minimum Gasteiger partial charge on any atom is -0.399 e. The molecular weight excluding hydrogens is 188 g/mol. The predicted octanol–water partition coefficient (Wildman–Crippen LogP) is 1.88. The van der Waals surface area contributed by atoms with E-state index in [0.29, 0.717) is 0 Å². The monoisotopic (exact) mass is 206 g/mol. The maximum absolute atomic E-state index is 5.78. The van der Waals surface area contributed by atoms with Crippen LogP contribution in [-0.4, -0.2) is 25.3 Å². The van der Waals surface area contributed by atoms with E-state index in [1.807, 2.05) is 18.2 Å². The van der Waals surface area contributed by atoms with Crippen LogP contribution in [0.15, 0.2) is 24.3 Å². The zero-order chi connectivity index (χ0) is 10.8. The fraction of sp³-hybridized carbons (Fsp3) is 0.500. The molecular formula is C12H18N2O. The molecule has 2 N–H and O–H groups in total. The molecule has 1 aromatic rings. The van der Waals surface area contributed by atoms with E-state index in [0.717, 1.165) is 18.8 Å². The van der Waals surface area contributed by atoms with Gasteiger partial charge in [-0.1, -0.05) is 6.07 Å². The Morgan fingerprint density at radius 3 is 2.53 bits per heavy atom. The third-order valence-corrected chi connectivity index (χ3v) is 2.65. The molecule has 1 heterocycles. The van der Waals surface area contributed by atoms with Crippen molar-refractivity contribution in [2.75, 3.05) is 23.7 Å². The molecule has 2 rings (SSSR count). The summed E-state index contributed by atoms with van der Waals surface area (Å²) in [6, 6.07) is 8.03. The number of nitrogens with two attached hydrogens (primary N) is 1. The van der Waals surface area contributed by atoms with Crippen molar-refractivity contribution < 1.29 is 4.74 Å². The van der Waals surface area contributed by atoms with E-state index in [4.69, 9.17) is 10.5 Å². The molecule has 3 heteroatoms. The number of rotatable bonds is 1. The summed E-state index contributed by atoms with van der Waals surface area (Å²) in [5.41, 5.74) is 7.79. The molecule has 0 radical (unpaired) electrons. The molecule has 1 fully saturated rings. The Hall–Kier alpha value is -1.22. The van der Waals surface area contributed by atoms with Gasteiger partial charge in [-0.05, 0) is 32.0 Å². The molecule has 3 nitrogen and oxygen atoms in total. The standard InChI is InChI=1S/C12H18N2O/c1-9-7-14(8-10(2)15-9)12-5-3-4-11(13)6-12/h3-6,9-10H,7-8,13H2,1-2H3/t9-,10+. The van der Waals surface area contributed by atoms with Gasteiger partial charge in [-0.3, -0.25) is 0 Å². The maximum Gasteiger partial charge on any atom is 0.0726 e. The Morgan fingerprint density at radius 1 is 1.27 bits per heavy atom. The minimum atomic E-state index is 0.287. The van der Waals surface area contributed by atoms with E-state index >= 15 is 0 Å². The number of nitrogens with zero attached hydrogens (tertiary/aromatic N) is 1. The second kappa shape index (κ2) is 4.11. The third-order valence-electron chi connectivity index (χ3n) is 2.65. The molecule has 1 aliphatic rings. The number of nitrogen functional groups attached to an aromatic ring is 1. The lowest BCUT2D eigenvalue weighted by atomic mass is 10.2. The van der Waals surface area contributed by atoms with E-state index in [-0.39, 0.29) is 12.2 Å². The molecule has 0 aliphatic carbocycles. The number of benzene rings is 1. The number of hydrogen-bond acceptors (Lipinski definition) is 3. The van der Waals surface area contributed by atoms with E-state index in [1.165, 1.54) is 5.69 Å². The lowest BCUT2D eigenvalue weighted by molar-refractivity contribution is -0.00521. The summed E-state index contributed by atoms with van der Waals surface area (Å²) >= 11 is 0. The van der Waals surface area contributed by atoms with Gasteiger partial charge in [0.25, 0.3) is 0 Å². The third kappa shape index (κ3) is 2.42. The van der Waals surface area contributed by atoms with Crippen LogP contribution in [0.25, 0.3) is 0 Å². The van der Waals surface area contributed by atoms with Crippen molar-refractivity contribution in [1.29, 1.82) is 0 Å². The fourth-order valence-corrected chi connectivity index (χ4v) is 2.11. The molecule has 1 aliphatic heterocycles. The highest BCUT2D eigenvalue weighted by Gasteiger charge is 2.22. The Bertz CT molecular complexity index is 330. The lowest BCUT2D eigenvalue weighted by Crippen LogP contribution is -2.45. The maximum atomic E-state index is 5.78. The van der Waals surface area contributed by atoms with Gasteiger partial charge in [0.2, 0.25) is 0 Å². The smallest absolute Gasteiger partial charge is 0.0726 e. The highest BCUT2D eigenvalue weighted by Crippen LogP contribution is 2.21. The first-order valence-corrected chi connectivity index (χ1v) is 5.41. The van der Waals surface area contributed by atoms with Gasteiger partial charge >= 0.3 is 0 Å². The molecule has 2 atom stereocenters. The molecule has 0 saturated carbocycles. The van der Waals surface area contributed by atoms with Gasteiger partial charge in [-0.2, -0.15) is 0 Å². The van der Waals surface area contributed by atoms with Crippen LogP contribution in [0.1, 0.15) is 13.8 Å². The van der Waals surface area contributed by atoms with E-state index in [1.54, 1.807) is 0 Å². The van der Waals surface area contributed by atoms with Crippen molar-refractivity contribution in [3.63, 3.8) is 0 Å². The van der Waals surface area contributed by atoms with E-state index in [2.05, 4.69) is 24.8 Å². The molecule has 1 aromatic carbocycles. The van der Waals surface area contributed by atoms with Crippen molar-refractivity contribution in [1.82, 2.24) is 0 Å². The van der Waals surface area contributed by atoms with Crippen molar-refractivity contribution in [3.8, 4) is 0 Å². The molecule has 0 bridgehead atoms. The van der Waals surface area contributed by atoms with Crippen LogP contribution < -0.4 is 10.6 Å². The minimum absolute atomic E-state index is 0.287. The van der Waals surface area contributed by atoms with Crippen LogP contribution in [0.2, 0.25) is 0 Å². The SMILES string of the molecule is C[C@@H]1CN(c2cccc(N)c2)C[C@H](C)O1. The van der Waals surface area contributed by atoms with Crippen LogP contribution in [0.3, 0.4) is 0 Å². The average molecular weight is 206 g/mol. The van der Waals surface area contributed by atoms with Crippen LogP contribution in [-0.2, 0) is 4.74 Å². The number of morpholine rings is 1. The Balaban J connectivity index is 2.16. The Labute approximate surface area is 90.8 Å². The highest BCUT2D eigenvalue weighted by molar-refractivity contribution is 5.56. The van der Waals surface area contributed by atoms with Crippen molar-refractivity contribution >= 4 is 11.4 Å². The molecule has 0 amide bonds. The largest absolute Gasteiger partial charge is 0.399 e. The van der Waals surface area contributed by atoms with Gasteiger partial charge in [0.15, 0.2) is 0 Å². The van der Waals surface area contributed by atoms with Crippen molar-refractivity contribution in [2.24, 2.45) is 0 Å². The number of hydrogen-bond donors (Lipinski definition) is 1. The summed E-state index contributed by atoms with van der Waals surface area (Å²) in [5.74, 6) is 0. The summed E-state index contributed by atoms with van der Waals surface area (Å²) in [6.07, 6.45) is 0.574. The van der Waals surface area contributed by atoms with Gasteiger partial charge in [-0.25, -0.2) is 0 Å². The summed E-state index contributed by atoms with van der Waals surface area (Å²) in [7, 11) is 0. The summed E-state index contributed by atoms with van der Waals surface area (Å²) in [4.78, 5) is 2.33. The Morgan fingerprint density at radius 2 is 1.93 bits per heavy atom. The molecule has 15 heavy (non-hydrogen) atoms. The second-order valence-corrected chi connectivity index (χ2v) is 4.26. The first-order chi connectivity index (χ1) is 7.15. The normalized spacial score (nSPS) is 26.7. The quantitative estimate of drug-likeness (QED) is 0.713. The van der Waals surface area contributed by atoms with Gasteiger partial charge < -0.3 is 15.4 Å². The lowest BCUT2D eigenvalue weighted by Gasteiger charge is -2.36. The first-order valence-electron chi connectivity index (χ1n) is 5.41. The molecule has 0 aromatic heterocycles. The van der Waals surface area contributed by atoms with E-state index < -0.39 is 0 Å².